The second-order valence-corrected chi connectivity index (χ2v) is 3.85. The smallest absolute Gasteiger partial charge is 0.144 e. The molecule has 0 saturated heterocycles. The Morgan fingerprint density at radius 3 is 2.69 bits per heavy atom. The van der Waals surface area contributed by atoms with E-state index in [9.17, 15) is 0 Å². The first kappa shape index (κ1) is 12.9. The molecule has 0 aliphatic rings. The van der Waals surface area contributed by atoms with Crippen LogP contribution in [0.15, 0.2) is 12.4 Å². The van der Waals surface area contributed by atoms with Gasteiger partial charge in [-0.15, -0.1) is 0 Å². The molecule has 0 saturated carbocycles. The fourth-order valence-electron chi connectivity index (χ4n) is 1.12. The van der Waals surface area contributed by atoms with Crippen molar-refractivity contribution >= 4 is 5.82 Å². The van der Waals surface area contributed by atoms with Gasteiger partial charge in [0.05, 0.1) is 30.8 Å². The lowest BCUT2D eigenvalue weighted by Gasteiger charge is -2.10. The molecule has 0 fully saturated rings. The van der Waals surface area contributed by atoms with Gasteiger partial charge in [0.1, 0.15) is 5.82 Å². The molecule has 0 aliphatic heterocycles. The highest BCUT2D eigenvalue weighted by atomic mass is 16.5. The lowest BCUT2D eigenvalue weighted by Crippen LogP contribution is -2.08. The summed E-state index contributed by atoms with van der Waals surface area (Å²) in [6.45, 7) is 7.75. The van der Waals surface area contributed by atoms with Gasteiger partial charge in [0.15, 0.2) is 0 Å². The summed E-state index contributed by atoms with van der Waals surface area (Å²) in [5.74, 6) is 0.828. The number of anilines is 1. The third-order valence-corrected chi connectivity index (χ3v) is 2.35. The predicted molar refractivity (Wildman–Crippen MR) is 65.4 cm³/mol. The van der Waals surface area contributed by atoms with Gasteiger partial charge in [-0.2, -0.15) is 0 Å². The summed E-state index contributed by atoms with van der Waals surface area (Å²) in [6.07, 6.45) is 5.90. The first-order chi connectivity index (χ1) is 7.76. The van der Waals surface area contributed by atoms with Crippen molar-refractivity contribution in [3.05, 3.63) is 18.1 Å². The van der Waals surface area contributed by atoms with Gasteiger partial charge in [-0.3, -0.25) is 4.98 Å². The largest absolute Gasteiger partial charge is 0.372 e. The number of rotatable bonds is 7. The third kappa shape index (κ3) is 4.57. The summed E-state index contributed by atoms with van der Waals surface area (Å²) in [5, 5.41) is 3.18. The van der Waals surface area contributed by atoms with E-state index >= 15 is 0 Å². The van der Waals surface area contributed by atoms with Crippen LogP contribution in [0, 0.1) is 0 Å². The Labute approximate surface area is 97.5 Å². The molecule has 0 amide bonds. The molecular weight excluding hydrogens is 202 g/mol. The molecule has 0 radical (unpaired) electrons. The van der Waals surface area contributed by atoms with Crippen molar-refractivity contribution in [1.82, 2.24) is 9.97 Å². The molecule has 0 aromatic carbocycles. The average molecular weight is 223 g/mol. The van der Waals surface area contributed by atoms with E-state index in [-0.39, 0.29) is 6.10 Å². The minimum Gasteiger partial charge on any atom is -0.372 e. The highest BCUT2D eigenvalue weighted by molar-refractivity contribution is 5.30. The Morgan fingerprint density at radius 1 is 1.31 bits per heavy atom. The van der Waals surface area contributed by atoms with Crippen LogP contribution < -0.4 is 5.32 Å². The maximum atomic E-state index is 5.58. The number of ether oxygens (including phenoxy) is 1. The van der Waals surface area contributed by atoms with Crippen molar-refractivity contribution in [1.29, 1.82) is 0 Å². The summed E-state index contributed by atoms with van der Waals surface area (Å²) < 4.78 is 5.58. The molecule has 90 valence electrons. The van der Waals surface area contributed by atoms with Crippen LogP contribution in [0.5, 0.6) is 0 Å². The van der Waals surface area contributed by atoms with Crippen LogP contribution >= 0.6 is 0 Å². The first-order valence-corrected chi connectivity index (χ1v) is 5.92. The quantitative estimate of drug-likeness (QED) is 0.772. The van der Waals surface area contributed by atoms with E-state index in [2.05, 4.69) is 36.1 Å². The highest BCUT2D eigenvalue weighted by Gasteiger charge is 2.01. The zero-order valence-corrected chi connectivity index (χ0v) is 10.4. The van der Waals surface area contributed by atoms with Crippen LogP contribution in [0.4, 0.5) is 5.82 Å². The van der Waals surface area contributed by atoms with E-state index in [0.717, 1.165) is 30.9 Å². The number of nitrogens with one attached hydrogen (secondary N) is 1. The van der Waals surface area contributed by atoms with E-state index in [0.29, 0.717) is 6.61 Å². The van der Waals surface area contributed by atoms with Crippen LogP contribution in [-0.4, -0.2) is 22.6 Å². The molecule has 1 N–H and O–H groups in total. The Kier molecular flexibility index (Phi) is 5.78. The summed E-state index contributed by atoms with van der Waals surface area (Å²) >= 11 is 0. The predicted octanol–water partition coefficient (Wildman–Crippen LogP) is 2.61. The van der Waals surface area contributed by atoms with Crippen LogP contribution in [0.2, 0.25) is 0 Å². The maximum absolute atomic E-state index is 5.58. The number of hydrogen-bond acceptors (Lipinski definition) is 4. The van der Waals surface area contributed by atoms with Gasteiger partial charge < -0.3 is 10.1 Å². The highest BCUT2D eigenvalue weighted by Crippen LogP contribution is 2.05. The van der Waals surface area contributed by atoms with Crippen LogP contribution in [0.25, 0.3) is 0 Å². The average Bonchev–Trinajstić information content (AvgIpc) is 2.34. The Morgan fingerprint density at radius 2 is 2.12 bits per heavy atom. The number of aromatic nitrogens is 2. The second kappa shape index (κ2) is 7.17. The Hall–Kier alpha value is -1.16. The monoisotopic (exact) mass is 223 g/mol. The minimum atomic E-state index is 0.277. The summed E-state index contributed by atoms with van der Waals surface area (Å²) in [5.41, 5.74) is 0.877. The van der Waals surface area contributed by atoms with Gasteiger partial charge in [0.25, 0.3) is 0 Å². The van der Waals surface area contributed by atoms with Crippen molar-refractivity contribution in [3.8, 4) is 0 Å². The normalized spacial score (nSPS) is 12.4. The molecule has 16 heavy (non-hydrogen) atoms. The van der Waals surface area contributed by atoms with Crippen molar-refractivity contribution in [2.45, 2.75) is 46.3 Å². The molecule has 1 atom stereocenters. The van der Waals surface area contributed by atoms with Crippen molar-refractivity contribution < 1.29 is 4.74 Å². The molecule has 0 aliphatic carbocycles. The third-order valence-electron chi connectivity index (χ3n) is 2.35. The van der Waals surface area contributed by atoms with Crippen molar-refractivity contribution in [2.75, 3.05) is 11.9 Å². The maximum Gasteiger partial charge on any atom is 0.144 e. The fourth-order valence-corrected chi connectivity index (χ4v) is 1.12. The summed E-state index contributed by atoms with van der Waals surface area (Å²) in [7, 11) is 0. The van der Waals surface area contributed by atoms with Gasteiger partial charge in [-0.05, 0) is 19.8 Å². The van der Waals surface area contributed by atoms with Crippen LogP contribution in [0.1, 0.15) is 39.3 Å². The van der Waals surface area contributed by atoms with Gasteiger partial charge in [-0.1, -0.05) is 13.8 Å². The second-order valence-electron chi connectivity index (χ2n) is 3.85. The summed E-state index contributed by atoms with van der Waals surface area (Å²) in [6, 6.07) is 0. The molecule has 4 heteroatoms. The lowest BCUT2D eigenvalue weighted by atomic mass is 10.3. The molecule has 1 aromatic rings. The lowest BCUT2D eigenvalue weighted by molar-refractivity contribution is 0.0487. The fraction of sp³-hybridized carbons (Fsp3) is 0.667. The molecule has 1 unspecified atom stereocenters. The minimum absolute atomic E-state index is 0.277. The molecular formula is C12H21N3O. The first-order valence-electron chi connectivity index (χ1n) is 5.92. The zero-order valence-electron chi connectivity index (χ0n) is 10.4. The van der Waals surface area contributed by atoms with Crippen LogP contribution in [0.3, 0.4) is 0 Å². The molecule has 0 bridgehead atoms. The standard InChI is InChI=1S/C12H21N3O/c1-4-6-13-12-8-14-11(7-15-12)9-16-10(3)5-2/h7-8,10H,4-6,9H2,1-3H3,(H,13,15). The topological polar surface area (TPSA) is 47.0 Å². The number of hydrogen-bond donors (Lipinski definition) is 1. The van der Waals surface area contributed by atoms with E-state index in [4.69, 9.17) is 4.74 Å². The summed E-state index contributed by atoms with van der Waals surface area (Å²) in [4.78, 5) is 8.55. The van der Waals surface area contributed by atoms with Crippen molar-refractivity contribution in [3.63, 3.8) is 0 Å². The van der Waals surface area contributed by atoms with Crippen LogP contribution in [-0.2, 0) is 11.3 Å². The Balaban J connectivity index is 2.38. The molecule has 4 nitrogen and oxygen atoms in total. The van der Waals surface area contributed by atoms with E-state index in [1.54, 1.807) is 12.4 Å². The van der Waals surface area contributed by atoms with Crippen molar-refractivity contribution in [2.24, 2.45) is 0 Å². The van der Waals surface area contributed by atoms with Gasteiger partial charge in [0.2, 0.25) is 0 Å². The molecule has 0 spiro atoms. The molecule has 1 rings (SSSR count). The van der Waals surface area contributed by atoms with E-state index in [1.807, 2.05) is 0 Å². The van der Waals surface area contributed by atoms with Gasteiger partial charge in [-0.25, -0.2) is 4.98 Å². The SMILES string of the molecule is CCCNc1cnc(COC(C)CC)cn1. The molecule has 1 heterocycles. The zero-order chi connectivity index (χ0) is 11.8. The van der Waals surface area contributed by atoms with Gasteiger partial charge >= 0.3 is 0 Å². The van der Waals surface area contributed by atoms with E-state index in [1.165, 1.54) is 0 Å². The number of nitrogens with zero attached hydrogens (tertiary/aromatic N) is 2. The van der Waals surface area contributed by atoms with Gasteiger partial charge in [0, 0.05) is 6.54 Å². The van der Waals surface area contributed by atoms with E-state index < -0.39 is 0 Å². The molecule has 1 aromatic heterocycles. The Bertz CT molecular complexity index is 287.